The SMILES string of the molecule is Cc1cc(C)cc(NC(N)=NCC(C)N2CCN(c3ccccc3)CC2)c1. The minimum atomic E-state index is 0.377. The van der Waals surface area contributed by atoms with Crippen LogP contribution >= 0.6 is 0 Å². The summed E-state index contributed by atoms with van der Waals surface area (Å²) in [7, 11) is 0. The van der Waals surface area contributed by atoms with E-state index in [-0.39, 0.29) is 0 Å². The standard InChI is InChI=1S/C22H31N5/c1-17-13-18(2)15-20(14-17)25-22(23)24-16-19(3)26-9-11-27(12-10-26)21-7-5-4-6-8-21/h4-8,13-15,19H,9-12,16H2,1-3H3,(H3,23,24,25). The summed E-state index contributed by atoms with van der Waals surface area (Å²) >= 11 is 0. The molecule has 0 aliphatic carbocycles. The zero-order chi connectivity index (χ0) is 19.2. The van der Waals surface area contributed by atoms with Gasteiger partial charge in [0, 0.05) is 43.6 Å². The smallest absolute Gasteiger partial charge is 0.193 e. The van der Waals surface area contributed by atoms with Crippen molar-refractivity contribution in [2.24, 2.45) is 10.7 Å². The number of nitrogens with zero attached hydrogens (tertiary/aromatic N) is 3. The van der Waals surface area contributed by atoms with Crippen LogP contribution in [0, 0.1) is 13.8 Å². The predicted molar refractivity (Wildman–Crippen MR) is 116 cm³/mol. The van der Waals surface area contributed by atoms with Crippen molar-refractivity contribution in [2.75, 3.05) is 42.9 Å². The lowest BCUT2D eigenvalue weighted by molar-refractivity contribution is 0.201. The summed E-state index contributed by atoms with van der Waals surface area (Å²) < 4.78 is 0. The van der Waals surface area contributed by atoms with E-state index in [1.54, 1.807) is 0 Å². The monoisotopic (exact) mass is 365 g/mol. The van der Waals surface area contributed by atoms with Gasteiger partial charge in [0.1, 0.15) is 0 Å². The number of aliphatic imine (C=N–C) groups is 1. The Morgan fingerprint density at radius 1 is 1.04 bits per heavy atom. The fourth-order valence-corrected chi connectivity index (χ4v) is 3.64. The van der Waals surface area contributed by atoms with Crippen molar-refractivity contribution in [3.63, 3.8) is 0 Å². The van der Waals surface area contributed by atoms with Gasteiger partial charge in [-0.3, -0.25) is 9.89 Å². The summed E-state index contributed by atoms with van der Waals surface area (Å²) in [5.41, 5.74) is 10.8. The fourth-order valence-electron chi connectivity index (χ4n) is 3.64. The zero-order valence-electron chi connectivity index (χ0n) is 16.7. The molecule has 2 aromatic carbocycles. The third-order valence-corrected chi connectivity index (χ3v) is 5.08. The molecule has 3 rings (SSSR count). The topological polar surface area (TPSA) is 56.9 Å². The van der Waals surface area contributed by atoms with E-state index in [9.17, 15) is 0 Å². The molecule has 0 spiro atoms. The Hall–Kier alpha value is -2.53. The van der Waals surface area contributed by atoms with Crippen LogP contribution in [0.5, 0.6) is 0 Å². The molecule has 0 saturated carbocycles. The first-order valence-corrected chi connectivity index (χ1v) is 9.70. The Labute approximate surface area is 162 Å². The average Bonchev–Trinajstić information content (AvgIpc) is 2.66. The van der Waals surface area contributed by atoms with Crippen LogP contribution in [0.2, 0.25) is 0 Å². The molecule has 27 heavy (non-hydrogen) atoms. The second kappa shape index (κ2) is 8.91. The van der Waals surface area contributed by atoms with Crippen LogP contribution in [-0.2, 0) is 0 Å². The van der Waals surface area contributed by atoms with Gasteiger partial charge >= 0.3 is 0 Å². The molecule has 0 radical (unpaired) electrons. The highest BCUT2D eigenvalue weighted by molar-refractivity contribution is 5.92. The number of guanidine groups is 1. The number of aryl methyl sites for hydroxylation is 2. The van der Waals surface area contributed by atoms with Crippen molar-refractivity contribution in [2.45, 2.75) is 26.8 Å². The molecule has 1 unspecified atom stereocenters. The molecular formula is C22H31N5. The molecule has 1 aliphatic rings. The van der Waals surface area contributed by atoms with E-state index in [1.807, 2.05) is 0 Å². The first-order valence-electron chi connectivity index (χ1n) is 9.70. The van der Waals surface area contributed by atoms with Crippen LogP contribution in [0.3, 0.4) is 0 Å². The lowest BCUT2D eigenvalue weighted by atomic mass is 10.1. The quantitative estimate of drug-likeness (QED) is 0.631. The summed E-state index contributed by atoms with van der Waals surface area (Å²) in [6, 6.07) is 17.3. The average molecular weight is 366 g/mol. The van der Waals surface area contributed by atoms with E-state index < -0.39 is 0 Å². The Morgan fingerprint density at radius 2 is 1.67 bits per heavy atom. The molecule has 0 amide bonds. The number of anilines is 2. The molecule has 0 bridgehead atoms. The number of para-hydroxylation sites is 1. The lowest BCUT2D eigenvalue weighted by Gasteiger charge is -2.38. The van der Waals surface area contributed by atoms with Gasteiger partial charge in [-0.05, 0) is 56.2 Å². The van der Waals surface area contributed by atoms with Gasteiger partial charge in [-0.25, -0.2) is 0 Å². The summed E-state index contributed by atoms with van der Waals surface area (Å²) in [5, 5.41) is 3.21. The largest absolute Gasteiger partial charge is 0.370 e. The molecule has 1 aliphatic heterocycles. The number of hydrogen-bond donors (Lipinski definition) is 2. The second-order valence-corrected chi connectivity index (χ2v) is 7.43. The van der Waals surface area contributed by atoms with Gasteiger partial charge in [0.05, 0.1) is 6.54 Å². The maximum absolute atomic E-state index is 6.09. The van der Waals surface area contributed by atoms with Gasteiger partial charge < -0.3 is 16.0 Å². The van der Waals surface area contributed by atoms with E-state index in [4.69, 9.17) is 5.73 Å². The molecule has 5 nitrogen and oxygen atoms in total. The molecule has 1 saturated heterocycles. The van der Waals surface area contributed by atoms with Gasteiger partial charge in [-0.2, -0.15) is 0 Å². The molecule has 1 heterocycles. The van der Waals surface area contributed by atoms with Crippen LogP contribution < -0.4 is 16.0 Å². The lowest BCUT2D eigenvalue weighted by Crippen LogP contribution is -2.50. The van der Waals surface area contributed by atoms with Gasteiger partial charge in [-0.15, -0.1) is 0 Å². The van der Waals surface area contributed by atoms with E-state index in [1.165, 1.54) is 16.8 Å². The van der Waals surface area contributed by atoms with Crippen LogP contribution in [0.4, 0.5) is 11.4 Å². The normalized spacial score (nSPS) is 17.0. The van der Waals surface area contributed by atoms with Crippen LogP contribution in [0.15, 0.2) is 53.5 Å². The highest BCUT2D eigenvalue weighted by Gasteiger charge is 2.21. The molecule has 144 valence electrons. The van der Waals surface area contributed by atoms with Crippen LogP contribution in [0.25, 0.3) is 0 Å². The van der Waals surface area contributed by atoms with E-state index in [0.717, 1.165) is 31.9 Å². The van der Waals surface area contributed by atoms with Crippen molar-refractivity contribution < 1.29 is 0 Å². The van der Waals surface area contributed by atoms with Crippen molar-refractivity contribution in [1.29, 1.82) is 0 Å². The highest BCUT2D eigenvalue weighted by atomic mass is 15.3. The molecule has 2 aromatic rings. The third kappa shape index (κ3) is 5.47. The van der Waals surface area contributed by atoms with E-state index in [0.29, 0.717) is 18.5 Å². The van der Waals surface area contributed by atoms with Crippen molar-refractivity contribution in [3.8, 4) is 0 Å². The molecular weight excluding hydrogens is 334 g/mol. The third-order valence-electron chi connectivity index (χ3n) is 5.08. The Balaban J connectivity index is 1.49. The molecule has 1 fully saturated rings. The molecule has 3 N–H and O–H groups in total. The van der Waals surface area contributed by atoms with Gasteiger partial charge in [0.2, 0.25) is 0 Å². The first kappa shape index (κ1) is 19.2. The number of piperazine rings is 1. The van der Waals surface area contributed by atoms with Crippen LogP contribution in [-0.4, -0.2) is 49.6 Å². The van der Waals surface area contributed by atoms with Crippen LogP contribution in [0.1, 0.15) is 18.1 Å². The van der Waals surface area contributed by atoms with Crippen molar-refractivity contribution in [1.82, 2.24) is 4.90 Å². The Morgan fingerprint density at radius 3 is 2.30 bits per heavy atom. The Bertz CT molecular complexity index is 743. The number of benzene rings is 2. The summed E-state index contributed by atoms with van der Waals surface area (Å²) in [6.07, 6.45) is 0. The summed E-state index contributed by atoms with van der Waals surface area (Å²) in [4.78, 5) is 9.50. The predicted octanol–water partition coefficient (Wildman–Crippen LogP) is 3.24. The maximum Gasteiger partial charge on any atom is 0.193 e. The molecule has 1 atom stereocenters. The number of hydrogen-bond acceptors (Lipinski definition) is 3. The summed E-state index contributed by atoms with van der Waals surface area (Å²) in [6.45, 7) is 11.3. The van der Waals surface area contributed by atoms with E-state index >= 15 is 0 Å². The first-order chi connectivity index (χ1) is 13.0. The zero-order valence-corrected chi connectivity index (χ0v) is 16.7. The fraction of sp³-hybridized carbons (Fsp3) is 0.409. The number of nitrogens with two attached hydrogens (primary N) is 1. The van der Waals surface area contributed by atoms with Gasteiger partial charge in [0.25, 0.3) is 0 Å². The minimum Gasteiger partial charge on any atom is -0.370 e. The number of nitrogens with one attached hydrogen (secondary N) is 1. The number of rotatable bonds is 5. The van der Waals surface area contributed by atoms with Gasteiger partial charge in [-0.1, -0.05) is 24.3 Å². The summed E-state index contributed by atoms with van der Waals surface area (Å²) in [5.74, 6) is 0.481. The van der Waals surface area contributed by atoms with Gasteiger partial charge in [0.15, 0.2) is 5.96 Å². The van der Waals surface area contributed by atoms with E-state index in [2.05, 4.69) is 89.4 Å². The molecule has 0 aromatic heterocycles. The van der Waals surface area contributed by atoms with Crippen molar-refractivity contribution >= 4 is 17.3 Å². The Kier molecular flexibility index (Phi) is 6.35. The maximum atomic E-state index is 6.09. The van der Waals surface area contributed by atoms with Crippen molar-refractivity contribution in [3.05, 3.63) is 59.7 Å². The highest BCUT2D eigenvalue weighted by Crippen LogP contribution is 2.17. The molecule has 5 heteroatoms. The minimum absolute atomic E-state index is 0.377. The second-order valence-electron chi connectivity index (χ2n) is 7.43.